The molecule has 3 rings (SSSR count). The van der Waals surface area contributed by atoms with E-state index < -0.39 is 11.6 Å². The van der Waals surface area contributed by atoms with E-state index in [2.05, 4.69) is 22.7 Å². The highest BCUT2D eigenvalue weighted by Gasteiger charge is 2.16. The minimum atomic E-state index is -0.547. The van der Waals surface area contributed by atoms with E-state index in [0.717, 1.165) is 16.9 Å². The molecule has 0 fully saturated rings. The van der Waals surface area contributed by atoms with Gasteiger partial charge in [0.05, 0.1) is 6.21 Å². The van der Waals surface area contributed by atoms with Crippen molar-refractivity contribution in [3.63, 3.8) is 0 Å². The largest absolute Gasteiger partial charge is 0.482 e. The van der Waals surface area contributed by atoms with Gasteiger partial charge in [-0.05, 0) is 80.4 Å². The number of hydrogen-bond donors (Lipinski definition) is 1. The fourth-order valence-electron chi connectivity index (χ4n) is 2.83. The molecule has 0 aliphatic rings. The molecule has 1 amide bonds. The number of amides is 1. The highest BCUT2D eigenvalue weighted by Crippen LogP contribution is 2.22. The van der Waals surface area contributed by atoms with Crippen LogP contribution in [0.3, 0.4) is 0 Å². The van der Waals surface area contributed by atoms with Crippen LogP contribution in [-0.4, -0.2) is 30.3 Å². The number of rotatable bonds is 9. The zero-order valence-electron chi connectivity index (χ0n) is 19.5. The average Bonchev–Trinajstić information content (AvgIpc) is 2.82. The predicted molar refractivity (Wildman–Crippen MR) is 135 cm³/mol. The molecule has 0 radical (unpaired) electrons. The minimum Gasteiger partial charge on any atom is -0.482 e. The van der Waals surface area contributed by atoms with E-state index >= 15 is 0 Å². The molecule has 6 nitrogen and oxygen atoms in total. The molecule has 0 heterocycles. The van der Waals surface area contributed by atoms with Crippen LogP contribution in [0, 0.1) is 0 Å². The Balaban J connectivity index is 1.43. The number of benzene rings is 3. The predicted octanol–water partition coefficient (Wildman–Crippen LogP) is 5.46. The second kappa shape index (κ2) is 12.0. The SMILES string of the molecule is CC(C)(C)OC(=O)COc1ccc(/C=N\NC(=O)c2ccc(CSc3ccccc3)cc2)cc1. The highest BCUT2D eigenvalue weighted by molar-refractivity contribution is 7.98. The number of ether oxygens (including phenoxy) is 2. The van der Waals surface area contributed by atoms with Gasteiger partial charge in [0, 0.05) is 16.2 Å². The molecular formula is C27H28N2O4S. The van der Waals surface area contributed by atoms with Gasteiger partial charge < -0.3 is 9.47 Å². The van der Waals surface area contributed by atoms with Crippen molar-refractivity contribution < 1.29 is 19.1 Å². The smallest absolute Gasteiger partial charge is 0.344 e. The van der Waals surface area contributed by atoms with E-state index in [1.807, 2.05) is 30.3 Å². The number of hydrogen-bond acceptors (Lipinski definition) is 6. The lowest BCUT2D eigenvalue weighted by molar-refractivity contribution is -0.157. The number of carbonyl (C=O) groups is 2. The quantitative estimate of drug-likeness (QED) is 0.192. The molecule has 0 saturated heterocycles. The number of nitrogens with one attached hydrogen (secondary N) is 1. The Morgan fingerprint density at radius 2 is 1.62 bits per heavy atom. The number of hydrazone groups is 1. The van der Waals surface area contributed by atoms with Gasteiger partial charge in [-0.1, -0.05) is 30.3 Å². The van der Waals surface area contributed by atoms with Gasteiger partial charge in [-0.2, -0.15) is 5.10 Å². The summed E-state index contributed by atoms with van der Waals surface area (Å²) in [5.74, 6) is 0.666. The van der Waals surface area contributed by atoms with Crippen LogP contribution in [-0.2, 0) is 15.3 Å². The first-order valence-corrected chi connectivity index (χ1v) is 11.8. The Morgan fingerprint density at radius 3 is 2.26 bits per heavy atom. The van der Waals surface area contributed by atoms with Gasteiger partial charge in [0.15, 0.2) is 6.61 Å². The lowest BCUT2D eigenvalue weighted by Crippen LogP contribution is -2.27. The van der Waals surface area contributed by atoms with Gasteiger partial charge in [0.1, 0.15) is 11.4 Å². The van der Waals surface area contributed by atoms with Crippen molar-refractivity contribution in [1.29, 1.82) is 0 Å². The Bertz CT molecular complexity index is 1110. The Kier molecular flexibility index (Phi) is 8.87. The normalized spacial score (nSPS) is 11.3. The van der Waals surface area contributed by atoms with E-state index in [1.165, 1.54) is 4.90 Å². The summed E-state index contributed by atoms with van der Waals surface area (Å²) >= 11 is 1.75. The summed E-state index contributed by atoms with van der Waals surface area (Å²) in [6.45, 7) is 5.25. The molecule has 0 bridgehead atoms. The molecule has 0 atom stereocenters. The van der Waals surface area contributed by atoms with Crippen molar-refractivity contribution in [2.75, 3.05) is 6.61 Å². The summed E-state index contributed by atoms with van der Waals surface area (Å²) in [6, 6.07) is 24.7. The minimum absolute atomic E-state index is 0.162. The third-order valence-electron chi connectivity index (χ3n) is 4.40. The van der Waals surface area contributed by atoms with Gasteiger partial charge >= 0.3 is 5.97 Å². The molecule has 176 valence electrons. The van der Waals surface area contributed by atoms with Crippen LogP contribution in [0.25, 0.3) is 0 Å². The third-order valence-corrected chi connectivity index (χ3v) is 5.48. The maximum atomic E-state index is 12.3. The maximum Gasteiger partial charge on any atom is 0.344 e. The monoisotopic (exact) mass is 476 g/mol. The zero-order chi connectivity index (χ0) is 24.4. The second-order valence-corrected chi connectivity index (χ2v) is 9.49. The molecule has 0 aliphatic carbocycles. The van der Waals surface area contributed by atoms with Gasteiger partial charge in [-0.15, -0.1) is 11.8 Å². The van der Waals surface area contributed by atoms with Crippen LogP contribution in [0.15, 0.2) is 88.9 Å². The Labute approximate surface area is 204 Å². The Morgan fingerprint density at radius 1 is 0.941 bits per heavy atom. The molecule has 1 N–H and O–H groups in total. The number of esters is 1. The van der Waals surface area contributed by atoms with Crippen LogP contribution >= 0.6 is 11.8 Å². The van der Waals surface area contributed by atoms with E-state index in [9.17, 15) is 9.59 Å². The van der Waals surface area contributed by atoms with Crippen molar-refractivity contribution >= 4 is 29.9 Å². The number of carbonyl (C=O) groups excluding carboxylic acids is 2. The topological polar surface area (TPSA) is 77.0 Å². The Hall–Kier alpha value is -3.58. The van der Waals surface area contributed by atoms with Gasteiger partial charge in [-0.25, -0.2) is 10.2 Å². The third kappa shape index (κ3) is 8.75. The van der Waals surface area contributed by atoms with Crippen LogP contribution in [0.1, 0.15) is 42.3 Å². The molecular weight excluding hydrogens is 448 g/mol. The lowest BCUT2D eigenvalue weighted by atomic mass is 10.1. The second-order valence-electron chi connectivity index (χ2n) is 8.44. The summed E-state index contributed by atoms with van der Waals surface area (Å²) in [5.41, 5.74) is 4.44. The summed E-state index contributed by atoms with van der Waals surface area (Å²) in [6.07, 6.45) is 1.54. The van der Waals surface area contributed by atoms with E-state index in [0.29, 0.717) is 11.3 Å². The van der Waals surface area contributed by atoms with Crippen molar-refractivity contribution in [1.82, 2.24) is 5.43 Å². The van der Waals surface area contributed by atoms with E-state index in [4.69, 9.17) is 9.47 Å². The van der Waals surface area contributed by atoms with Crippen LogP contribution < -0.4 is 10.2 Å². The van der Waals surface area contributed by atoms with Crippen molar-refractivity contribution in [3.8, 4) is 5.75 Å². The fourth-order valence-corrected chi connectivity index (χ4v) is 3.70. The molecule has 0 spiro atoms. The summed E-state index contributed by atoms with van der Waals surface area (Å²) in [7, 11) is 0. The van der Waals surface area contributed by atoms with E-state index in [-0.39, 0.29) is 12.5 Å². The first kappa shape index (κ1) is 25.1. The molecule has 0 saturated carbocycles. The molecule has 0 unspecified atom stereocenters. The standard InChI is InChI=1S/C27H28N2O4S/c1-27(2,3)33-25(30)18-32-23-15-11-20(12-16-23)17-28-29-26(31)22-13-9-21(10-14-22)19-34-24-7-5-4-6-8-24/h4-17H,18-19H2,1-3H3,(H,29,31)/b28-17-. The molecule has 7 heteroatoms. The fraction of sp³-hybridized carbons (Fsp3) is 0.222. The highest BCUT2D eigenvalue weighted by atomic mass is 32.2. The van der Waals surface area contributed by atoms with Crippen molar-refractivity contribution in [2.24, 2.45) is 5.10 Å². The molecule has 3 aromatic rings. The number of nitrogens with zero attached hydrogens (tertiary/aromatic N) is 1. The summed E-state index contributed by atoms with van der Waals surface area (Å²) in [4.78, 5) is 25.3. The maximum absolute atomic E-state index is 12.3. The van der Waals surface area contributed by atoms with Crippen LogP contribution in [0.4, 0.5) is 0 Å². The molecule has 34 heavy (non-hydrogen) atoms. The first-order chi connectivity index (χ1) is 16.3. The van der Waals surface area contributed by atoms with Crippen LogP contribution in [0.2, 0.25) is 0 Å². The number of thioether (sulfide) groups is 1. The summed E-state index contributed by atoms with van der Waals surface area (Å²) in [5, 5.41) is 4.02. The van der Waals surface area contributed by atoms with Gasteiger partial charge in [-0.3, -0.25) is 4.79 Å². The average molecular weight is 477 g/mol. The zero-order valence-corrected chi connectivity index (χ0v) is 20.3. The summed E-state index contributed by atoms with van der Waals surface area (Å²) < 4.78 is 10.6. The molecule has 3 aromatic carbocycles. The van der Waals surface area contributed by atoms with Crippen molar-refractivity contribution in [2.45, 2.75) is 37.0 Å². The van der Waals surface area contributed by atoms with E-state index in [1.54, 1.807) is 75.1 Å². The van der Waals surface area contributed by atoms with Crippen molar-refractivity contribution in [3.05, 3.63) is 95.6 Å². The van der Waals surface area contributed by atoms with Crippen LogP contribution in [0.5, 0.6) is 5.75 Å². The first-order valence-electron chi connectivity index (χ1n) is 10.8. The van der Waals surface area contributed by atoms with Gasteiger partial charge in [0.2, 0.25) is 0 Å². The lowest BCUT2D eigenvalue weighted by Gasteiger charge is -2.19. The molecule has 0 aromatic heterocycles. The van der Waals surface area contributed by atoms with Gasteiger partial charge in [0.25, 0.3) is 5.91 Å². The molecule has 0 aliphatic heterocycles.